The van der Waals surface area contributed by atoms with Gasteiger partial charge in [-0.3, -0.25) is 0 Å². The summed E-state index contributed by atoms with van der Waals surface area (Å²) in [6.45, 7) is 3.56. The molecule has 6 rings (SSSR count). The topological polar surface area (TPSA) is 103 Å². The van der Waals surface area contributed by atoms with Crippen molar-refractivity contribution in [3.63, 3.8) is 0 Å². The van der Waals surface area contributed by atoms with Crippen molar-refractivity contribution in [1.29, 1.82) is 5.26 Å². The lowest BCUT2D eigenvalue weighted by Gasteiger charge is -2.33. The molecule has 1 spiro atoms. The van der Waals surface area contributed by atoms with E-state index in [0.717, 1.165) is 27.8 Å². The van der Waals surface area contributed by atoms with Crippen LogP contribution in [-0.2, 0) is 15.0 Å². The van der Waals surface area contributed by atoms with Crippen molar-refractivity contribution in [2.24, 2.45) is 16.1 Å². The van der Waals surface area contributed by atoms with Crippen LogP contribution in [0.5, 0.6) is 11.6 Å². The molecule has 3 aliphatic rings. The Hall–Kier alpha value is -4.33. The van der Waals surface area contributed by atoms with Gasteiger partial charge in [0.2, 0.25) is 5.88 Å². The van der Waals surface area contributed by atoms with Gasteiger partial charge in [0.1, 0.15) is 12.4 Å². The number of hydrogen-bond acceptors (Lipinski definition) is 7. The van der Waals surface area contributed by atoms with Crippen LogP contribution >= 0.6 is 0 Å². The Bertz CT molecular complexity index is 1470. The van der Waals surface area contributed by atoms with Crippen LogP contribution in [0.3, 0.4) is 0 Å². The predicted molar refractivity (Wildman–Crippen MR) is 125 cm³/mol. The normalized spacial score (nSPS) is 20.9. The minimum Gasteiger partial charge on any atom is -0.462 e. The molecule has 0 saturated carbocycles. The highest BCUT2D eigenvalue weighted by Gasteiger charge is 2.47. The van der Waals surface area contributed by atoms with Gasteiger partial charge in [0, 0.05) is 17.3 Å². The van der Waals surface area contributed by atoms with Gasteiger partial charge in [0.15, 0.2) is 5.54 Å². The van der Waals surface area contributed by atoms with Gasteiger partial charge in [0.05, 0.1) is 35.8 Å². The fourth-order valence-electron chi connectivity index (χ4n) is 4.45. The smallest absolute Gasteiger partial charge is 0.283 e. The molecule has 4 heterocycles. The number of pyridine rings is 1. The van der Waals surface area contributed by atoms with Crippen molar-refractivity contribution in [2.45, 2.75) is 12.5 Å². The molecule has 0 radical (unpaired) electrons. The third kappa shape index (κ3) is 3.18. The van der Waals surface area contributed by atoms with Gasteiger partial charge in [-0.1, -0.05) is 30.0 Å². The van der Waals surface area contributed by atoms with Crippen LogP contribution in [0.2, 0.25) is 0 Å². The number of ether oxygens (including phenoxy) is 3. The number of aliphatic imine (C=N–C) groups is 1. The second-order valence-corrected chi connectivity index (χ2v) is 8.98. The molecule has 3 aliphatic heterocycles. The molecule has 1 unspecified atom stereocenters. The van der Waals surface area contributed by atoms with E-state index in [0.29, 0.717) is 30.4 Å². The zero-order valence-electron chi connectivity index (χ0n) is 18.5. The number of nitrogens with zero attached hydrogens (tertiary/aromatic N) is 3. The summed E-state index contributed by atoms with van der Waals surface area (Å²) in [7, 11) is 0. The van der Waals surface area contributed by atoms with Crippen molar-refractivity contribution in [3.8, 4) is 40.7 Å². The van der Waals surface area contributed by atoms with Crippen LogP contribution in [0.25, 0.3) is 11.1 Å². The van der Waals surface area contributed by atoms with Gasteiger partial charge in [-0.2, -0.15) is 5.26 Å². The molecule has 2 N–H and O–H groups in total. The molecule has 0 aliphatic carbocycles. The molecule has 3 aromatic rings. The second kappa shape index (κ2) is 7.34. The first-order valence-electron chi connectivity index (χ1n) is 10.9. The minimum atomic E-state index is -0.899. The molecule has 1 aromatic heterocycles. The van der Waals surface area contributed by atoms with Crippen LogP contribution in [0.1, 0.15) is 29.2 Å². The molecule has 1 fully saturated rings. The van der Waals surface area contributed by atoms with Crippen LogP contribution < -0.4 is 10.5 Å². The monoisotopic (exact) mass is 448 g/mol. The van der Waals surface area contributed by atoms with Gasteiger partial charge < -0.3 is 19.9 Å². The Labute approximate surface area is 196 Å². The Kier molecular flexibility index (Phi) is 4.38. The van der Waals surface area contributed by atoms with Gasteiger partial charge in [0.25, 0.3) is 6.02 Å². The lowest BCUT2D eigenvalue weighted by molar-refractivity contribution is -0.0648. The first-order valence-corrected chi connectivity index (χ1v) is 10.9. The quantitative estimate of drug-likeness (QED) is 0.570. The zero-order valence-corrected chi connectivity index (χ0v) is 18.5. The highest BCUT2D eigenvalue weighted by molar-refractivity contribution is 5.78. The number of rotatable bonds is 1. The van der Waals surface area contributed by atoms with Gasteiger partial charge >= 0.3 is 0 Å². The molecule has 1 saturated heterocycles. The fourth-order valence-corrected chi connectivity index (χ4v) is 4.45. The Morgan fingerprint density at radius 1 is 1.00 bits per heavy atom. The highest BCUT2D eigenvalue weighted by atomic mass is 16.5. The number of benzene rings is 2. The van der Waals surface area contributed by atoms with Crippen molar-refractivity contribution in [1.82, 2.24) is 4.98 Å². The standard InChI is InChI=1S/C27H20N4O3/c1-26(14-32-15-26)8-7-18-10-22-24(30-13-18)34-23-6-5-20(19-4-2-3-17(9-19)12-28)11-21(23)27(22)16-33-25(29)31-27/h2-6,9-11,13H,14-16H2,1H3,(H2,29,31). The maximum Gasteiger partial charge on any atom is 0.283 e. The second-order valence-electron chi connectivity index (χ2n) is 8.98. The highest BCUT2D eigenvalue weighted by Crippen LogP contribution is 2.51. The lowest BCUT2D eigenvalue weighted by Crippen LogP contribution is -2.38. The fraction of sp³-hybridized carbons (Fsp3) is 0.222. The number of nitriles is 1. The van der Waals surface area contributed by atoms with E-state index in [1.165, 1.54) is 0 Å². The Morgan fingerprint density at radius 3 is 2.59 bits per heavy atom. The van der Waals surface area contributed by atoms with E-state index in [2.05, 4.69) is 29.8 Å². The molecule has 7 heteroatoms. The van der Waals surface area contributed by atoms with Crippen LogP contribution in [0.15, 0.2) is 59.7 Å². The number of fused-ring (bicyclic) bond motifs is 4. The average Bonchev–Trinajstić information content (AvgIpc) is 3.24. The van der Waals surface area contributed by atoms with Crippen LogP contribution in [-0.4, -0.2) is 30.8 Å². The van der Waals surface area contributed by atoms with Gasteiger partial charge in [-0.05, 0) is 48.4 Å². The summed E-state index contributed by atoms with van der Waals surface area (Å²) in [5.74, 6) is 7.62. The summed E-state index contributed by atoms with van der Waals surface area (Å²) in [5.41, 5.74) is 9.77. The summed E-state index contributed by atoms with van der Waals surface area (Å²) in [6, 6.07) is 17.6. The Morgan fingerprint density at radius 2 is 1.85 bits per heavy atom. The molecular formula is C27H20N4O3. The van der Waals surface area contributed by atoms with E-state index < -0.39 is 5.54 Å². The third-order valence-electron chi connectivity index (χ3n) is 6.33. The summed E-state index contributed by atoms with van der Waals surface area (Å²) in [4.78, 5) is 9.29. The number of hydrogen-bond donors (Lipinski definition) is 1. The minimum absolute atomic E-state index is 0.117. The van der Waals surface area contributed by atoms with E-state index in [1.807, 2.05) is 42.5 Å². The molecule has 0 amide bonds. The molecule has 0 bridgehead atoms. The third-order valence-corrected chi connectivity index (χ3v) is 6.33. The maximum absolute atomic E-state index is 9.30. The van der Waals surface area contributed by atoms with Crippen molar-refractivity contribution >= 4 is 6.02 Å². The van der Waals surface area contributed by atoms with Gasteiger partial charge in [-0.25, -0.2) is 9.98 Å². The lowest BCUT2D eigenvalue weighted by atomic mass is 9.81. The summed E-state index contributed by atoms with van der Waals surface area (Å²) < 4.78 is 17.1. The van der Waals surface area contributed by atoms with E-state index in [9.17, 15) is 5.26 Å². The first kappa shape index (κ1) is 20.3. The molecule has 1 atom stereocenters. The number of amidine groups is 1. The van der Waals surface area contributed by atoms with Crippen molar-refractivity contribution < 1.29 is 14.2 Å². The molecule has 166 valence electrons. The van der Waals surface area contributed by atoms with E-state index in [4.69, 9.17) is 24.9 Å². The number of aromatic nitrogens is 1. The first-order chi connectivity index (χ1) is 16.5. The SMILES string of the molecule is CC1(C#Cc2cnc3c(c2)C2(COC(N)=N2)c2cc(-c4cccc(C#N)c4)ccc2O3)COC1. The van der Waals surface area contributed by atoms with Crippen molar-refractivity contribution in [3.05, 3.63) is 77.0 Å². The predicted octanol–water partition coefficient (Wildman–Crippen LogP) is 3.70. The van der Waals surface area contributed by atoms with Crippen LogP contribution in [0.4, 0.5) is 0 Å². The van der Waals surface area contributed by atoms with E-state index in [-0.39, 0.29) is 18.0 Å². The zero-order chi connectivity index (χ0) is 23.3. The van der Waals surface area contributed by atoms with Crippen LogP contribution in [0, 0.1) is 28.6 Å². The summed E-state index contributed by atoms with van der Waals surface area (Å²) in [5, 5.41) is 9.30. The number of nitrogens with two attached hydrogens (primary N) is 1. The maximum atomic E-state index is 9.30. The molecule has 2 aromatic carbocycles. The summed E-state index contributed by atoms with van der Waals surface area (Å²) in [6.07, 6.45) is 1.71. The van der Waals surface area contributed by atoms with Gasteiger partial charge in [-0.15, -0.1) is 0 Å². The van der Waals surface area contributed by atoms with E-state index in [1.54, 1.807) is 12.3 Å². The Balaban J connectivity index is 1.49. The largest absolute Gasteiger partial charge is 0.462 e. The van der Waals surface area contributed by atoms with Crippen molar-refractivity contribution in [2.75, 3.05) is 19.8 Å². The van der Waals surface area contributed by atoms with E-state index >= 15 is 0 Å². The molecule has 34 heavy (non-hydrogen) atoms. The molecule has 7 nitrogen and oxygen atoms in total. The average molecular weight is 448 g/mol. The molecular weight excluding hydrogens is 428 g/mol. The summed E-state index contributed by atoms with van der Waals surface area (Å²) >= 11 is 0.